The van der Waals surface area contributed by atoms with E-state index in [2.05, 4.69) is 27.6 Å². The average Bonchev–Trinajstić information content (AvgIpc) is 3.34. The molecule has 5 heteroatoms. The first-order chi connectivity index (χ1) is 12.8. The van der Waals surface area contributed by atoms with Gasteiger partial charge in [-0.3, -0.25) is 4.79 Å². The van der Waals surface area contributed by atoms with Crippen molar-refractivity contribution >= 4 is 5.91 Å². The number of benzene rings is 1. The van der Waals surface area contributed by atoms with Gasteiger partial charge in [-0.05, 0) is 30.7 Å². The maximum Gasteiger partial charge on any atom is 0.220 e. The van der Waals surface area contributed by atoms with E-state index >= 15 is 0 Å². The molecular formula is C21H29N3O2. The number of nitrogens with zero attached hydrogens (tertiary/aromatic N) is 2. The topological polar surface area (TPSA) is 68.0 Å². The fraction of sp³-hybridized carbons (Fsp3) is 0.571. The minimum atomic E-state index is 0.0699. The van der Waals surface area contributed by atoms with Gasteiger partial charge in [-0.15, -0.1) is 10.2 Å². The summed E-state index contributed by atoms with van der Waals surface area (Å²) in [4.78, 5) is 11.9. The summed E-state index contributed by atoms with van der Waals surface area (Å²) in [6.45, 7) is 0.779. The van der Waals surface area contributed by atoms with Crippen LogP contribution in [0.2, 0.25) is 0 Å². The highest BCUT2D eigenvalue weighted by atomic mass is 16.4. The van der Waals surface area contributed by atoms with Crippen molar-refractivity contribution in [2.75, 3.05) is 6.54 Å². The Labute approximate surface area is 155 Å². The monoisotopic (exact) mass is 355 g/mol. The first-order valence-corrected chi connectivity index (χ1v) is 9.91. The molecule has 1 aliphatic rings. The highest BCUT2D eigenvalue weighted by Gasteiger charge is 2.14. The van der Waals surface area contributed by atoms with Gasteiger partial charge >= 0.3 is 0 Å². The maximum absolute atomic E-state index is 11.9. The lowest BCUT2D eigenvalue weighted by Gasteiger charge is -2.09. The molecule has 1 aromatic heterocycles. The van der Waals surface area contributed by atoms with Gasteiger partial charge in [0.15, 0.2) is 0 Å². The molecule has 0 spiro atoms. The van der Waals surface area contributed by atoms with Crippen LogP contribution in [0.4, 0.5) is 0 Å². The molecule has 1 aromatic carbocycles. The summed E-state index contributed by atoms with van der Waals surface area (Å²) in [5, 5.41) is 11.1. The van der Waals surface area contributed by atoms with Gasteiger partial charge < -0.3 is 9.73 Å². The molecule has 26 heavy (non-hydrogen) atoms. The van der Waals surface area contributed by atoms with Crippen molar-refractivity contribution in [3.63, 3.8) is 0 Å². The first kappa shape index (κ1) is 18.6. The maximum atomic E-state index is 11.9. The van der Waals surface area contributed by atoms with E-state index in [0.717, 1.165) is 31.7 Å². The van der Waals surface area contributed by atoms with E-state index in [1.165, 1.54) is 37.7 Å². The summed E-state index contributed by atoms with van der Waals surface area (Å²) in [5.41, 5.74) is 1.25. The van der Waals surface area contributed by atoms with Crippen LogP contribution in [0.1, 0.15) is 62.3 Å². The zero-order valence-corrected chi connectivity index (χ0v) is 15.5. The molecule has 140 valence electrons. The van der Waals surface area contributed by atoms with Crippen LogP contribution in [0.3, 0.4) is 0 Å². The number of aryl methyl sites for hydroxylation is 3. The lowest BCUT2D eigenvalue weighted by Crippen LogP contribution is -2.25. The van der Waals surface area contributed by atoms with Gasteiger partial charge in [0, 0.05) is 25.8 Å². The quantitative estimate of drug-likeness (QED) is 0.657. The summed E-state index contributed by atoms with van der Waals surface area (Å²) in [6, 6.07) is 10.2. The fourth-order valence-corrected chi connectivity index (χ4v) is 3.61. The zero-order chi connectivity index (χ0) is 18.0. The molecule has 1 heterocycles. The van der Waals surface area contributed by atoms with E-state index in [1.807, 2.05) is 18.2 Å². The average molecular weight is 355 g/mol. The minimum absolute atomic E-state index is 0.0699. The van der Waals surface area contributed by atoms with E-state index < -0.39 is 0 Å². The number of hydrogen-bond acceptors (Lipinski definition) is 4. The predicted octanol–water partition coefficient (Wildman–Crippen LogP) is 3.87. The van der Waals surface area contributed by atoms with Crippen LogP contribution in [0.5, 0.6) is 0 Å². The standard InChI is InChI=1S/C21H29N3O2/c25-19(22-16-6-11-17-9-4-5-10-17)13-15-21-24-23-20(26-21)14-12-18-7-2-1-3-8-18/h1-3,7-8,17H,4-6,9-16H2,(H,22,25). The number of rotatable bonds is 10. The zero-order valence-electron chi connectivity index (χ0n) is 15.5. The second-order valence-electron chi connectivity index (χ2n) is 7.22. The number of aromatic nitrogens is 2. The second kappa shape index (κ2) is 10.1. The summed E-state index contributed by atoms with van der Waals surface area (Å²) in [7, 11) is 0. The summed E-state index contributed by atoms with van der Waals surface area (Å²) >= 11 is 0. The summed E-state index contributed by atoms with van der Waals surface area (Å²) < 4.78 is 5.65. The Morgan fingerprint density at radius 1 is 1.04 bits per heavy atom. The van der Waals surface area contributed by atoms with Crippen molar-refractivity contribution in [2.45, 2.75) is 64.2 Å². The minimum Gasteiger partial charge on any atom is -0.425 e. The number of nitrogens with one attached hydrogen (secondary N) is 1. The van der Waals surface area contributed by atoms with Gasteiger partial charge in [0.2, 0.25) is 17.7 Å². The summed E-state index contributed by atoms with van der Waals surface area (Å²) in [5.74, 6) is 2.15. The Morgan fingerprint density at radius 2 is 1.77 bits per heavy atom. The molecule has 1 N–H and O–H groups in total. The Balaban J connectivity index is 1.29. The van der Waals surface area contributed by atoms with Crippen LogP contribution in [-0.4, -0.2) is 22.6 Å². The van der Waals surface area contributed by atoms with Crippen LogP contribution in [0.25, 0.3) is 0 Å². The van der Waals surface area contributed by atoms with Crippen molar-refractivity contribution in [3.05, 3.63) is 47.7 Å². The molecule has 1 amide bonds. The Hall–Kier alpha value is -2.17. The van der Waals surface area contributed by atoms with Gasteiger partial charge in [0.1, 0.15) is 0 Å². The van der Waals surface area contributed by atoms with Gasteiger partial charge in [-0.1, -0.05) is 56.0 Å². The van der Waals surface area contributed by atoms with E-state index in [4.69, 9.17) is 4.42 Å². The van der Waals surface area contributed by atoms with Gasteiger partial charge in [0.05, 0.1) is 0 Å². The van der Waals surface area contributed by atoms with Gasteiger partial charge in [0.25, 0.3) is 0 Å². The van der Waals surface area contributed by atoms with E-state index in [9.17, 15) is 4.79 Å². The lowest BCUT2D eigenvalue weighted by atomic mass is 10.0. The molecule has 1 saturated carbocycles. The number of carbonyl (C=O) groups excluding carboxylic acids is 1. The van der Waals surface area contributed by atoms with Crippen molar-refractivity contribution in [2.24, 2.45) is 5.92 Å². The molecule has 0 saturated heterocycles. The van der Waals surface area contributed by atoms with E-state index in [0.29, 0.717) is 24.6 Å². The Bertz CT molecular complexity index is 663. The van der Waals surface area contributed by atoms with Crippen LogP contribution in [0.15, 0.2) is 34.7 Å². The van der Waals surface area contributed by atoms with Crippen LogP contribution in [0, 0.1) is 5.92 Å². The first-order valence-electron chi connectivity index (χ1n) is 9.91. The third-order valence-electron chi connectivity index (χ3n) is 5.13. The molecule has 0 aliphatic heterocycles. The normalized spacial score (nSPS) is 14.6. The highest BCUT2D eigenvalue weighted by Crippen LogP contribution is 2.28. The van der Waals surface area contributed by atoms with E-state index in [-0.39, 0.29) is 5.91 Å². The number of amides is 1. The van der Waals surface area contributed by atoms with E-state index in [1.54, 1.807) is 0 Å². The third-order valence-corrected chi connectivity index (χ3v) is 5.13. The largest absolute Gasteiger partial charge is 0.425 e. The van der Waals surface area contributed by atoms with Crippen molar-refractivity contribution < 1.29 is 9.21 Å². The smallest absolute Gasteiger partial charge is 0.220 e. The van der Waals surface area contributed by atoms with Crippen molar-refractivity contribution in [1.82, 2.24) is 15.5 Å². The SMILES string of the molecule is O=C(CCc1nnc(CCc2ccccc2)o1)NCCCC1CCCC1. The molecule has 3 rings (SSSR count). The fourth-order valence-electron chi connectivity index (χ4n) is 3.61. The second-order valence-corrected chi connectivity index (χ2v) is 7.22. The molecule has 1 fully saturated rings. The summed E-state index contributed by atoms with van der Waals surface area (Å²) in [6.07, 6.45) is 10.4. The molecule has 0 atom stereocenters. The van der Waals surface area contributed by atoms with Gasteiger partial charge in [-0.25, -0.2) is 0 Å². The Kier molecular flexibility index (Phi) is 7.23. The Morgan fingerprint density at radius 3 is 2.54 bits per heavy atom. The molecule has 0 bridgehead atoms. The molecular weight excluding hydrogens is 326 g/mol. The molecule has 0 unspecified atom stereocenters. The van der Waals surface area contributed by atoms with Crippen molar-refractivity contribution in [3.8, 4) is 0 Å². The number of carbonyl (C=O) groups is 1. The van der Waals surface area contributed by atoms with Crippen molar-refractivity contribution in [1.29, 1.82) is 0 Å². The van der Waals surface area contributed by atoms with Crippen LogP contribution in [-0.2, 0) is 24.1 Å². The van der Waals surface area contributed by atoms with Crippen LogP contribution < -0.4 is 5.32 Å². The predicted molar refractivity (Wildman–Crippen MR) is 101 cm³/mol. The molecule has 5 nitrogen and oxygen atoms in total. The van der Waals surface area contributed by atoms with Gasteiger partial charge in [-0.2, -0.15) is 0 Å². The lowest BCUT2D eigenvalue weighted by molar-refractivity contribution is -0.121. The third kappa shape index (κ3) is 6.28. The van der Waals surface area contributed by atoms with Crippen LogP contribution >= 0.6 is 0 Å². The molecule has 1 aliphatic carbocycles. The number of hydrogen-bond donors (Lipinski definition) is 1. The molecule has 2 aromatic rings. The highest BCUT2D eigenvalue weighted by molar-refractivity contribution is 5.75. The molecule has 0 radical (unpaired) electrons.